The molecule has 1 saturated carbocycles. The van der Waals surface area contributed by atoms with E-state index in [1.165, 1.54) is 56.1 Å². The van der Waals surface area contributed by atoms with E-state index in [1.54, 1.807) is 11.1 Å². The van der Waals surface area contributed by atoms with Crippen LogP contribution in [0.5, 0.6) is 0 Å². The summed E-state index contributed by atoms with van der Waals surface area (Å²) >= 11 is 0. The van der Waals surface area contributed by atoms with E-state index in [2.05, 4.69) is 62.4 Å². The average Bonchev–Trinajstić information content (AvgIpc) is 3.09. The Bertz CT molecular complexity index is 626. The molecule has 1 heteroatoms. The van der Waals surface area contributed by atoms with Gasteiger partial charge >= 0.3 is 0 Å². The van der Waals surface area contributed by atoms with Crippen molar-refractivity contribution in [1.29, 1.82) is 0 Å². The largest absolute Gasteiger partial charge is 0.0881 e. The first-order valence-corrected chi connectivity index (χ1v) is 11.7. The Kier molecular flexibility index (Phi) is 5.28. The molecule has 25 heavy (non-hydrogen) atoms. The summed E-state index contributed by atoms with van der Waals surface area (Å²) in [7, 11) is 0.0380. The summed E-state index contributed by atoms with van der Waals surface area (Å²) < 4.78 is 0. The van der Waals surface area contributed by atoms with Crippen molar-refractivity contribution in [2.24, 2.45) is 0 Å². The molecule has 1 aliphatic heterocycles. The van der Waals surface area contributed by atoms with Gasteiger partial charge in [0.15, 0.2) is 0 Å². The second-order valence-corrected chi connectivity index (χ2v) is 11.0. The first-order chi connectivity index (χ1) is 12.2. The monoisotopic (exact) mass is 350 g/mol. The van der Waals surface area contributed by atoms with E-state index < -0.39 is 0 Å². The quantitative estimate of drug-likeness (QED) is 0.498. The third-order valence-electron chi connectivity index (χ3n) is 6.35. The van der Waals surface area contributed by atoms with Crippen molar-refractivity contribution in [2.45, 2.75) is 75.8 Å². The molecule has 0 nitrogen and oxygen atoms in total. The van der Waals surface area contributed by atoms with Crippen LogP contribution in [0, 0.1) is 13.8 Å². The van der Waals surface area contributed by atoms with Gasteiger partial charge in [0.25, 0.3) is 0 Å². The van der Waals surface area contributed by atoms with Gasteiger partial charge in [0, 0.05) is 11.3 Å². The lowest BCUT2D eigenvalue weighted by atomic mass is 10.0. The maximum Gasteiger partial charge on any atom is 0.00501 e. The molecule has 2 atom stereocenters. The highest BCUT2D eigenvalue weighted by atomic mass is 31.1. The summed E-state index contributed by atoms with van der Waals surface area (Å²) in [5, 5.41) is 0. The average molecular weight is 350 g/mol. The highest BCUT2D eigenvalue weighted by Gasteiger charge is 2.41. The van der Waals surface area contributed by atoms with Crippen molar-refractivity contribution in [3.8, 4) is 0 Å². The fourth-order valence-electron chi connectivity index (χ4n) is 4.97. The molecule has 0 bridgehead atoms. The SMILES string of the molecule is Cc1ccc(C2CCC(c3ccc(C)cc3)P2C2CCCCC2)cc1. The zero-order valence-corrected chi connectivity index (χ0v) is 16.6. The van der Waals surface area contributed by atoms with Crippen LogP contribution in [0.3, 0.4) is 0 Å². The molecular formula is C24H31P. The minimum Gasteiger partial charge on any atom is -0.0881 e. The molecule has 4 rings (SSSR count). The van der Waals surface area contributed by atoms with E-state index in [9.17, 15) is 0 Å². The van der Waals surface area contributed by atoms with Crippen molar-refractivity contribution in [3.63, 3.8) is 0 Å². The van der Waals surface area contributed by atoms with Crippen LogP contribution in [0.15, 0.2) is 48.5 Å². The summed E-state index contributed by atoms with van der Waals surface area (Å²) in [6, 6.07) is 19.0. The maximum absolute atomic E-state index is 2.43. The number of hydrogen-bond acceptors (Lipinski definition) is 0. The zero-order valence-electron chi connectivity index (χ0n) is 15.7. The standard InChI is InChI=1S/C24H31P/c1-18-8-12-20(13-9-18)23-16-17-24(21-14-10-19(2)11-15-21)25(23)22-6-4-3-5-7-22/h8-15,22-24H,3-7,16-17H2,1-2H3. The third kappa shape index (κ3) is 3.70. The Balaban J connectivity index is 1.66. The van der Waals surface area contributed by atoms with Crippen LogP contribution >= 0.6 is 7.92 Å². The van der Waals surface area contributed by atoms with Crippen LogP contribution in [0.25, 0.3) is 0 Å². The summed E-state index contributed by atoms with van der Waals surface area (Å²) in [6.45, 7) is 4.41. The van der Waals surface area contributed by atoms with E-state index >= 15 is 0 Å². The van der Waals surface area contributed by atoms with Crippen molar-refractivity contribution in [2.75, 3.05) is 0 Å². The molecule has 2 aliphatic rings. The van der Waals surface area contributed by atoms with Gasteiger partial charge < -0.3 is 0 Å². The second kappa shape index (κ2) is 7.63. The minimum absolute atomic E-state index is 0.0380. The predicted molar refractivity (Wildman–Crippen MR) is 111 cm³/mol. The zero-order chi connectivity index (χ0) is 17.2. The van der Waals surface area contributed by atoms with Crippen molar-refractivity contribution >= 4 is 7.92 Å². The Labute approximate surface area is 154 Å². The summed E-state index contributed by atoms with van der Waals surface area (Å²) in [6.07, 6.45) is 10.1. The molecule has 2 aromatic rings. The van der Waals surface area contributed by atoms with Crippen LogP contribution in [0.4, 0.5) is 0 Å². The molecule has 2 unspecified atom stereocenters. The summed E-state index contributed by atoms with van der Waals surface area (Å²) in [5.74, 6) is 0. The van der Waals surface area contributed by atoms with Crippen molar-refractivity contribution < 1.29 is 0 Å². The number of hydrogen-bond donors (Lipinski definition) is 0. The van der Waals surface area contributed by atoms with Gasteiger partial charge in [0.2, 0.25) is 0 Å². The molecule has 0 spiro atoms. The first-order valence-electron chi connectivity index (χ1n) is 10.1. The van der Waals surface area contributed by atoms with Crippen LogP contribution in [-0.2, 0) is 0 Å². The molecule has 1 saturated heterocycles. The number of aryl methyl sites for hydroxylation is 2. The Morgan fingerprint density at radius 3 is 1.48 bits per heavy atom. The lowest BCUT2D eigenvalue weighted by molar-refractivity contribution is 0.508. The van der Waals surface area contributed by atoms with Gasteiger partial charge in [0.1, 0.15) is 0 Å². The number of benzene rings is 2. The van der Waals surface area contributed by atoms with Gasteiger partial charge in [-0.2, -0.15) is 0 Å². The number of rotatable bonds is 3. The molecule has 0 amide bonds. The Morgan fingerprint density at radius 1 is 0.600 bits per heavy atom. The molecular weight excluding hydrogens is 319 g/mol. The van der Waals surface area contributed by atoms with Crippen LogP contribution in [-0.4, -0.2) is 5.66 Å². The molecule has 1 aliphatic carbocycles. The molecule has 0 radical (unpaired) electrons. The fraction of sp³-hybridized carbons (Fsp3) is 0.500. The second-order valence-electron chi connectivity index (χ2n) is 8.17. The molecule has 0 aromatic heterocycles. The minimum atomic E-state index is 0.0380. The van der Waals surface area contributed by atoms with Crippen molar-refractivity contribution in [1.82, 2.24) is 0 Å². The normalized spacial score (nSPS) is 27.5. The van der Waals surface area contributed by atoms with E-state index in [-0.39, 0.29) is 7.92 Å². The molecule has 1 heterocycles. The molecule has 2 fully saturated rings. The molecule has 132 valence electrons. The van der Waals surface area contributed by atoms with Gasteiger partial charge in [0.05, 0.1) is 0 Å². The van der Waals surface area contributed by atoms with E-state index in [0.717, 1.165) is 17.0 Å². The predicted octanol–water partition coefficient (Wildman–Crippen LogP) is 7.69. The lowest BCUT2D eigenvalue weighted by Crippen LogP contribution is -2.14. The third-order valence-corrected chi connectivity index (χ3v) is 10.3. The van der Waals surface area contributed by atoms with Gasteiger partial charge in [-0.1, -0.05) is 86.8 Å². The smallest absolute Gasteiger partial charge is 0.00501 e. The first kappa shape index (κ1) is 17.3. The van der Waals surface area contributed by atoms with E-state index in [4.69, 9.17) is 0 Å². The highest BCUT2D eigenvalue weighted by Crippen LogP contribution is 2.74. The van der Waals surface area contributed by atoms with Crippen LogP contribution in [0.2, 0.25) is 0 Å². The topological polar surface area (TPSA) is 0 Å². The molecule has 0 N–H and O–H groups in total. The molecule has 2 aromatic carbocycles. The van der Waals surface area contributed by atoms with E-state index in [1.807, 2.05) is 0 Å². The highest BCUT2D eigenvalue weighted by molar-refractivity contribution is 7.59. The van der Waals surface area contributed by atoms with Gasteiger partial charge in [-0.25, -0.2) is 0 Å². The van der Waals surface area contributed by atoms with Crippen LogP contribution in [0.1, 0.15) is 78.5 Å². The van der Waals surface area contributed by atoms with Gasteiger partial charge in [-0.15, -0.1) is 0 Å². The van der Waals surface area contributed by atoms with Crippen molar-refractivity contribution in [3.05, 3.63) is 70.8 Å². The van der Waals surface area contributed by atoms with Crippen LogP contribution < -0.4 is 0 Å². The lowest BCUT2D eigenvalue weighted by Gasteiger charge is -2.36. The summed E-state index contributed by atoms with van der Waals surface area (Å²) in [5.41, 5.74) is 8.66. The fourth-order valence-corrected chi connectivity index (χ4v) is 9.32. The van der Waals surface area contributed by atoms with Gasteiger partial charge in [-0.3, -0.25) is 0 Å². The summed E-state index contributed by atoms with van der Waals surface area (Å²) in [4.78, 5) is 0. The Morgan fingerprint density at radius 2 is 1.04 bits per heavy atom. The maximum atomic E-state index is 2.43. The van der Waals surface area contributed by atoms with Gasteiger partial charge in [-0.05, 0) is 56.3 Å². The van der Waals surface area contributed by atoms with E-state index in [0.29, 0.717) is 0 Å². The Hall–Kier alpha value is -1.13.